The van der Waals surface area contributed by atoms with Gasteiger partial charge in [-0.25, -0.2) is 13.1 Å². The van der Waals surface area contributed by atoms with Crippen molar-refractivity contribution in [1.82, 2.24) is 19.8 Å². The van der Waals surface area contributed by atoms with Crippen LogP contribution in [0.15, 0.2) is 34.0 Å². The molecule has 7 nitrogen and oxygen atoms in total. The van der Waals surface area contributed by atoms with E-state index in [0.717, 1.165) is 12.2 Å². The molecule has 0 amide bonds. The van der Waals surface area contributed by atoms with Gasteiger partial charge in [0, 0.05) is 31.5 Å². The maximum atomic E-state index is 12.2. The van der Waals surface area contributed by atoms with E-state index in [0.29, 0.717) is 12.2 Å². The molecule has 0 fully saturated rings. The van der Waals surface area contributed by atoms with Crippen LogP contribution >= 0.6 is 0 Å². The first-order valence-electron chi connectivity index (χ1n) is 6.28. The van der Waals surface area contributed by atoms with Gasteiger partial charge in [-0.15, -0.1) is 0 Å². The van der Waals surface area contributed by atoms with Gasteiger partial charge in [-0.05, 0) is 12.6 Å². The van der Waals surface area contributed by atoms with Crippen molar-refractivity contribution >= 4 is 10.0 Å². The van der Waals surface area contributed by atoms with Crippen molar-refractivity contribution in [3.63, 3.8) is 0 Å². The zero-order valence-electron chi connectivity index (χ0n) is 11.5. The number of sulfonamides is 1. The Balaban J connectivity index is 2.09. The van der Waals surface area contributed by atoms with Crippen molar-refractivity contribution in [2.45, 2.75) is 24.9 Å². The van der Waals surface area contributed by atoms with E-state index in [1.165, 1.54) is 6.26 Å². The number of aromatic nitrogens is 2. The first-order chi connectivity index (χ1) is 9.53. The van der Waals surface area contributed by atoms with Crippen LogP contribution in [0.2, 0.25) is 0 Å². The van der Waals surface area contributed by atoms with E-state index in [1.807, 2.05) is 14.0 Å². The fraction of sp³-hybridized carbons (Fsp3) is 0.417. The summed E-state index contributed by atoms with van der Waals surface area (Å²) in [5.74, 6) is 0. The van der Waals surface area contributed by atoms with Gasteiger partial charge in [-0.1, -0.05) is 12.1 Å². The number of nitrogens with zero attached hydrogens (tertiary/aromatic N) is 2. The van der Waals surface area contributed by atoms with Crippen molar-refractivity contribution < 1.29 is 12.9 Å². The minimum Gasteiger partial charge on any atom is -0.364 e. The molecule has 110 valence electrons. The van der Waals surface area contributed by atoms with E-state index in [4.69, 9.17) is 0 Å². The molecule has 8 heteroatoms. The third-order valence-electron chi connectivity index (χ3n) is 2.88. The zero-order valence-corrected chi connectivity index (χ0v) is 12.3. The largest absolute Gasteiger partial charge is 0.364 e. The molecule has 0 spiro atoms. The lowest BCUT2D eigenvalue weighted by Gasteiger charge is -2.02. The van der Waals surface area contributed by atoms with Crippen LogP contribution in [0, 0.1) is 0 Å². The Morgan fingerprint density at radius 3 is 2.85 bits per heavy atom. The van der Waals surface area contributed by atoms with Gasteiger partial charge >= 0.3 is 0 Å². The van der Waals surface area contributed by atoms with E-state index < -0.39 is 10.0 Å². The van der Waals surface area contributed by atoms with Gasteiger partial charge in [0.1, 0.15) is 6.26 Å². The normalized spacial score (nSPS) is 11.9. The molecule has 0 aliphatic carbocycles. The second-order valence-electron chi connectivity index (χ2n) is 4.37. The highest BCUT2D eigenvalue weighted by Crippen LogP contribution is 2.13. The van der Waals surface area contributed by atoms with Gasteiger partial charge < -0.3 is 14.4 Å². The molecule has 0 saturated heterocycles. The molecule has 0 radical (unpaired) electrons. The van der Waals surface area contributed by atoms with Gasteiger partial charge in [0.2, 0.25) is 10.0 Å². The second kappa shape index (κ2) is 6.21. The lowest BCUT2D eigenvalue weighted by molar-refractivity contribution is 0.411. The molecule has 2 aromatic rings. The van der Waals surface area contributed by atoms with Crippen LogP contribution in [0.4, 0.5) is 0 Å². The summed E-state index contributed by atoms with van der Waals surface area (Å²) < 4.78 is 33.3. The number of hydrogen-bond acceptors (Lipinski definition) is 5. The maximum Gasteiger partial charge on any atom is 0.242 e. The second-order valence-corrected chi connectivity index (χ2v) is 6.14. The number of nitrogens with one attached hydrogen (secondary N) is 2. The number of aryl methyl sites for hydroxylation is 1. The van der Waals surface area contributed by atoms with E-state index in [-0.39, 0.29) is 11.4 Å². The predicted molar refractivity (Wildman–Crippen MR) is 73.3 cm³/mol. The first kappa shape index (κ1) is 14.8. The van der Waals surface area contributed by atoms with Crippen LogP contribution in [-0.2, 0) is 30.2 Å². The molecule has 0 saturated carbocycles. The van der Waals surface area contributed by atoms with E-state index >= 15 is 0 Å². The van der Waals surface area contributed by atoms with E-state index in [1.54, 1.807) is 22.9 Å². The van der Waals surface area contributed by atoms with Crippen LogP contribution in [0.25, 0.3) is 0 Å². The minimum absolute atomic E-state index is 0.107. The SMILES string of the molecule is CCNCc1cc(S(=O)(=O)NCc2ccon2)cn1C. The van der Waals surface area contributed by atoms with Gasteiger partial charge in [0.15, 0.2) is 0 Å². The standard InChI is InChI=1S/C12H18N4O3S/c1-3-13-8-11-6-12(9-16(11)2)20(17,18)14-7-10-4-5-19-15-10/h4-6,9,13-14H,3,7-8H2,1-2H3. The van der Waals surface area contributed by atoms with Gasteiger partial charge in [0.25, 0.3) is 0 Å². The molecule has 0 aliphatic rings. The molecule has 0 atom stereocenters. The quantitative estimate of drug-likeness (QED) is 0.781. The number of rotatable bonds is 7. The van der Waals surface area contributed by atoms with Crippen molar-refractivity contribution in [2.75, 3.05) is 6.54 Å². The van der Waals surface area contributed by atoms with Crippen LogP contribution in [0.5, 0.6) is 0 Å². The molecule has 0 bridgehead atoms. The molecule has 2 aromatic heterocycles. The summed E-state index contributed by atoms with van der Waals surface area (Å²) in [4.78, 5) is 0.247. The lowest BCUT2D eigenvalue weighted by Crippen LogP contribution is -2.23. The molecule has 20 heavy (non-hydrogen) atoms. The Morgan fingerprint density at radius 1 is 1.40 bits per heavy atom. The summed E-state index contributed by atoms with van der Waals surface area (Å²) in [6, 6.07) is 3.28. The fourth-order valence-corrected chi connectivity index (χ4v) is 2.83. The monoisotopic (exact) mass is 298 g/mol. The Hall–Kier alpha value is -1.64. The number of hydrogen-bond donors (Lipinski definition) is 2. The van der Waals surface area contributed by atoms with Crippen molar-refractivity contribution in [2.24, 2.45) is 7.05 Å². The summed E-state index contributed by atoms with van der Waals surface area (Å²) in [5.41, 5.74) is 1.45. The average Bonchev–Trinajstić information content (AvgIpc) is 3.04. The Kier molecular flexibility index (Phi) is 4.58. The van der Waals surface area contributed by atoms with Crippen LogP contribution in [-0.4, -0.2) is 24.7 Å². The Bertz CT molecular complexity index is 646. The van der Waals surface area contributed by atoms with Gasteiger partial charge in [0.05, 0.1) is 17.1 Å². The molecule has 2 heterocycles. The summed E-state index contributed by atoms with van der Waals surface area (Å²) in [6.45, 7) is 3.57. The highest BCUT2D eigenvalue weighted by atomic mass is 32.2. The molecular weight excluding hydrogens is 280 g/mol. The van der Waals surface area contributed by atoms with Crippen molar-refractivity contribution in [1.29, 1.82) is 0 Å². The summed E-state index contributed by atoms with van der Waals surface area (Å²) in [7, 11) is -1.72. The minimum atomic E-state index is -3.54. The molecule has 2 N–H and O–H groups in total. The van der Waals surface area contributed by atoms with Gasteiger partial charge in [-0.3, -0.25) is 0 Å². The van der Waals surface area contributed by atoms with Crippen LogP contribution < -0.4 is 10.0 Å². The van der Waals surface area contributed by atoms with E-state index in [9.17, 15) is 8.42 Å². The molecular formula is C12H18N4O3S. The molecule has 0 aromatic carbocycles. The van der Waals surface area contributed by atoms with Crippen LogP contribution in [0.1, 0.15) is 18.3 Å². The highest BCUT2D eigenvalue weighted by Gasteiger charge is 2.17. The third kappa shape index (κ3) is 3.47. The van der Waals surface area contributed by atoms with Gasteiger partial charge in [-0.2, -0.15) is 0 Å². The Labute approximate surface area is 118 Å². The Morgan fingerprint density at radius 2 is 2.20 bits per heavy atom. The molecule has 0 unspecified atom stereocenters. The summed E-state index contributed by atoms with van der Waals surface area (Å²) in [5, 5.41) is 6.83. The summed E-state index contributed by atoms with van der Waals surface area (Å²) >= 11 is 0. The topological polar surface area (TPSA) is 89.2 Å². The van der Waals surface area contributed by atoms with Crippen molar-refractivity contribution in [3.8, 4) is 0 Å². The fourth-order valence-electron chi connectivity index (χ4n) is 1.73. The highest BCUT2D eigenvalue weighted by molar-refractivity contribution is 7.89. The lowest BCUT2D eigenvalue weighted by atomic mass is 10.4. The maximum absolute atomic E-state index is 12.2. The molecule has 0 aliphatic heterocycles. The van der Waals surface area contributed by atoms with Crippen molar-refractivity contribution in [3.05, 3.63) is 36.0 Å². The first-order valence-corrected chi connectivity index (χ1v) is 7.76. The summed E-state index contributed by atoms with van der Waals surface area (Å²) in [6.07, 6.45) is 3.00. The van der Waals surface area contributed by atoms with E-state index in [2.05, 4.69) is 19.7 Å². The smallest absolute Gasteiger partial charge is 0.242 e. The third-order valence-corrected chi connectivity index (χ3v) is 4.25. The predicted octanol–water partition coefficient (Wildman–Crippen LogP) is 0.601. The van der Waals surface area contributed by atoms with Crippen LogP contribution in [0.3, 0.4) is 0 Å². The zero-order chi connectivity index (χ0) is 14.6. The molecule has 2 rings (SSSR count). The average molecular weight is 298 g/mol.